The largest absolute Gasteiger partial charge is 0.299 e. The van der Waals surface area contributed by atoms with Crippen LogP contribution in [0.5, 0.6) is 0 Å². The Bertz CT molecular complexity index is 390. The molecule has 0 spiro atoms. The van der Waals surface area contributed by atoms with E-state index in [-0.39, 0.29) is 0 Å². The van der Waals surface area contributed by atoms with Crippen LogP contribution in [0.3, 0.4) is 0 Å². The smallest absolute Gasteiger partial charge is 0.143 e. The van der Waals surface area contributed by atoms with Gasteiger partial charge in [0.25, 0.3) is 0 Å². The normalized spacial score (nSPS) is 12.7. The maximum Gasteiger partial charge on any atom is 0.143 e. The minimum atomic E-state index is 0.313. The van der Waals surface area contributed by atoms with Crippen molar-refractivity contribution < 1.29 is 4.79 Å². The molecule has 1 aromatic rings. The molecule has 1 nitrogen and oxygen atoms in total. The first-order valence-corrected chi connectivity index (χ1v) is 7.74. The van der Waals surface area contributed by atoms with Gasteiger partial charge in [-0.3, -0.25) is 4.79 Å². The molecule has 18 heavy (non-hydrogen) atoms. The fraction of sp³-hybridized carbons (Fsp3) is 0.533. The first-order chi connectivity index (χ1) is 8.49. The van der Waals surface area contributed by atoms with Crippen molar-refractivity contribution in [3.05, 3.63) is 29.3 Å². The van der Waals surface area contributed by atoms with E-state index in [1.807, 2.05) is 24.3 Å². The van der Waals surface area contributed by atoms with Gasteiger partial charge in [0.1, 0.15) is 5.78 Å². The summed E-state index contributed by atoms with van der Waals surface area (Å²) in [5.41, 5.74) is 0. The van der Waals surface area contributed by atoms with E-state index in [4.69, 9.17) is 11.6 Å². The molecular weight excluding hydrogens is 264 g/mol. The molecule has 0 N–H and O–H groups in total. The zero-order valence-electron chi connectivity index (χ0n) is 11.3. The third-order valence-electron chi connectivity index (χ3n) is 2.68. The Balaban J connectivity index is 2.35. The zero-order chi connectivity index (χ0) is 13.5. The van der Waals surface area contributed by atoms with Crippen LogP contribution in [0.15, 0.2) is 29.2 Å². The van der Waals surface area contributed by atoms with Gasteiger partial charge in [-0.1, -0.05) is 44.5 Å². The summed E-state index contributed by atoms with van der Waals surface area (Å²) in [6.07, 6.45) is 1.79. The third-order valence-corrected chi connectivity index (χ3v) is 4.25. The van der Waals surface area contributed by atoms with Gasteiger partial charge in [-0.05, 0) is 30.4 Å². The molecule has 0 radical (unpaired) electrons. The number of halogens is 1. The lowest BCUT2D eigenvalue weighted by molar-refractivity contribution is -0.117. The molecule has 0 aliphatic rings. The van der Waals surface area contributed by atoms with Crippen molar-refractivity contribution in [1.82, 2.24) is 0 Å². The molecule has 1 atom stereocenters. The van der Waals surface area contributed by atoms with Crippen molar-refractivity contribution in [2.24, 2.45) is 11.8 Å². The summed E-state index contributed by atoms with van der Waals surface area (Å²) in [7, 11) is 0. The minimum Gasteiger partial charge on any atom is -0.299 e. The lowest BCUT2D eigenvalue weighted by atomic mass is 9.95. The summed E-state index contributed by atoms with van der Waals surface area (Å²) in [5.74, 6) is 1.97. The van der Waals surface area contributed by atoms with Crippen LogP contribution in [-0.4, -0.2) is 11.5 Å². The predicted octanol–water partition coefficient (Wildman–Crippen LogP) is 5.07. The van der Waals surface area contributed by atoms with Crippen LogP contribution in [0, 0.1) is 11.8 Å². The van der Waals surface area contributed by atoms with E-state index in [2.05, 4.69) is 20.8 Å². The molecule has 0 heterocycles. The average molecular weight is 285 g/mol. The van der Waals surface area contributed by atoms with Gasteiger partial charge in [0.05, 0.1) is 10.8 Å². The molecule has 0 aliphatic heterocycles. The fourth-order valence-corrected chi connectivity index (χ4v) is 3.17. The zero-order valence-corrected chi connectivity index (χ0v) is 12.9. The molecular formula is C15H21ClOS. The van der Waals surface area contributed by atoms with Gasteiger partial charge in [0.2, 0.25) is 0 Å². The Labute approximate surface area is 119 Å². The van der Waals surface area contributed by atoms with Gasteiger partial charge < -0.3 is 0 Å². The third kappa shape index (κ3) is 5.92. The average Bonchev–Trinajstić information content (AvgIpc) is 2.26. The number of Topliss-reactive ketones (excluding diaryl/α,β-unsaturated/α-hetero) is 1. The Morgan fingerprint density at radius 2 is 1.94 bits per heavy atom. The monoisotopic (exact) mass is 284 g/mol. The van der Waals surface area contributed by atoms with Crippen LogP contribution < -0.4 is 0 Å². The molecule has 0 aliphatic carbocycles. The summed E-state index contributed by atoms with van der Waals surface area (Å²) in [6, 6.07) is 7.66. The number of hydrogen-bond donors (Lipinski definition) is 0. The summed E-state index contributed by atoms with van der Waals surface area (Å²) in [4.78, 5) is 12.8. The van der Waals surface area contributed by atoms with Crippen molar-refractivity contribution >= 4 is 29.1 Å². The molecule has 0 aromatic heterocycles. The van der Waals surface area contributed by atoms with Crippen LogP contribution in [0.2, 0.25) is 5.02 Å². The molecule has 1 aromatic carbocycles. The van der Waals surface area contributed by atoms with Crippen molar-refractivity contribution in [2.75, 3.05) is 5.75 Å². The molecule has 1 rings (SSSR count). The number of benzene rings is 1. The van der Waals surface area contributed by atoms with Crippen LogP contribution in [-0.2, 0) is 4.79 Å². The van der Waals surface area contributed by atoms with E-state index in [0.29, 0.717) is 29.8 Å². The van der Waals surface area contributed by atoms with Gasteiger partial charge in [-0.2, -0.15) is 0 Å². The van der Waals surface area contributed by atoms with E-state index >= 15 is 0 Å². The molecule has 0 amide bonds. The fourth-order valence-electron chi connectivity index (χ4n) is 2.06. The number of carbonyl (C=O) groups excluding carboxylic acids is 1. The van der Waals surface area contributed by atoms with Crippen LogP contribution >= 0.6 is 23.4 Å². The van der Waals surface area contributed by atoms with E-state index in [0.717, 1.165) is 16.3 Å². The van der Waals surface area contributed by atoms with Crippen LogP contribution in [0.4, 0.5) is 0 Å². The second kappa shape index (κ2) is 7.85. The predicted molar refractivity (Wildman–Crippen MR) is 80.4 cm³/mol. The van der Waals surface area contributed by atoms with Gasteiger partial charge in [0.15, 0.2) is 0 Å². The first-order valence-electron chi connectivity index (χ1n) is 6.38. The highest BCUT2D eigenvalue weighted by atomic mass is 35.5. The maximum absolute atomic E-state index is 11.9. The van der Waals surface area contributed by atoms with E-state index < -0.39 is 0 Å². The standard InChI is InChI=1S/C15H21ClOS/c1-11(2)8-12(3)9-13(17)10-18-15-7-5-4-6-14(15)16/h4-7,11-12H,8-10H2,1-3H3. The Morgan fingerprint density at radius 3 is 2.56 bits per heavy atom. The molecule has 0 fully saturated rings. The second-order valence-corrected chi connectivity index (χ2v) is 6.62. The molecule has 0 saturated heterocycles. The van der Waals surface area contributed by atoms with E-state index in [1.165, 1.54) is 11.8 Å². The molecule has 0 saturated carbocycles. The number of hydrogen-bond acceptors (Lipinski definition) is 2. The molecule has 100 valence electrons. The summed E-state index contributed by atoms with van der Waals surface area (Å²) in [6.45, 7) is 6.54. The van der Waals surface area contributed by atoms with Gasteiger partial charge in [-0.15, -0.1) is 11.8 Å². The lowest BCUT2D eigenvalue weighted by Crippen LogP contribution is -2.09. The van der Waals surface area contributed by atoms with Crippen molar-refractivity contribution in [2.45, 2.75) is 38.5 Å². The highest BCUT2D eigenvalue weighted by Gasteiger charge is 2.11. The summed E-state index contributed by atoms with van der Waals surface area (Å²) < 4.78 is 0. The lowest BCUT2D eigenvalue weighted by Gasteiger charge is -2.12. The number of ketones is 1. The summed E-state index contributed by atoms with van der Waals surface area (Å²) >= 11 is 7.58. The van der Waals surface area contributed by atoms with Crippen molar-refractivity contribution in [3.8, 4) is 0 Å². The van der Waals surface area contributed by atoms with Crippen LogP contribution in [0.1, 0.15) is 33.6 Å². The van der Waals surface area contributed by atoms with Gasteiger partial charge >= 0.3 is 0 Å². The van der Waals surface area contributed by atoms with E-state index in [1.54, 1.807) is 0 Å². The highest BCUT2D eigenvalue weighted by Crippen LogP contribution is 2.27. The Hall–Kier alpha value is -0.470. The Kier molecular flexibility index (Phi) is 6.80. The van der Waals surface area contributed by atoms with Gasteiger partial charge in [0, 0.05) is 11.3 Å². The quantitative estimate of drug-likeness (QED) is 0.650. The molecule has 3 heteroatoms. The van der Waals surface area contributed by atoms with Gasteiger partial charge in [-0.25, -0.2) is 0 Å². The Morgan fingerprint density at radius 1 is 1.28 bits per heavy atom. The summed E-state index contributed by atoms with van der Waals surface area (Å²) in [5, 5.41) is 0.727. The SMILES string of the molecule is CC(C)CC(C)CC(=O)CSc1ccccc1Cl. The molecule has 1 unspecified atom stereocenters. The number of carbonyl (C=O) groups is 1. The number of rotatable bonds is 7. The number of thioether (sulfide) groups is 1. The topological polar surface area (TPSA) is 17.1 Å². The van der Waals surface area contributed by atoms with Crippen molar-refractivity contribution in [3.63, 3.8) is 0 Å². The first kappa shape index (κ1) is 15.6. The highest BCUT2D eigenvalue weighted by molar-refractivity contribution is 8.00. The van der Waals surface area contributed by atoms with E-state index in [9.17, 15) is 4.79 Å². The maximum atomic E-state index is 11.9. The van der Waals surface area contributed by atoms with Crippen LogP contribution in [0.25, 0.3) is 0 Å². The molecule has 0 bridgehead atoms. The van der Waals surface area contributed by atoms with Crippen molar-refractivity contribution in [1.29, 1.82) is 0 Å². The minimum absolute atomic E-state index is 0.313. The second-order valence-electron chi connectivity index (χ2n) is 5.20.